The third-order valence-electron chi connectivity index (χ3n) is 3.51. The Balaban J connectivity index is 2.77. The van der Waals surface area contributed by atoms with Gasteiger partial charge in [-0.1, -0.05) is 6.08 Å². The summed E-state index contributed by atoms with van der Waals surface area (Å²) in [5.41, 5.74) is -0.366. The van der Waals surface area contributed by atoms with Gasteiger partial charge in [0.15, 0.2) is 0 Å². The van der Waals surface area contributed by atoms with Gasteiger partial charge in [0, 0.05) is 6.20 Å². The molecule has 26 heavy (non-hydrogen) atoms. The summed E-state index contributed by atoms with van der Waals surface area (Å²) in [5.74, 6) is -3.07. The van der Waals surface area contributed by atoms with E-state index in [1.54, 1.807) is 0 Å². The number of methoxy groups -OCH3 is 3. The molecule has 1 aromatic rings. The molecule has 1 aliphatic heterocycles. The number of allylic oxidation sites excluding steroid dienone is 2. The molecule has 0 aliphatic carbocycles. The molecule has 0 radical (unpaired) electrons. The molecule has 0 spiro atoms. The number of carbonyl (C=O) groups excluding carboxylic acids is 3. The van der Waals surface area contributed by atoms with E-state index < -0.39 is 23.7 Å². The lowest BCUT2D eigenvalue weighted by atomic mass is 10.1. The number of halogens is 1. The van der Waals surface area contributed by atoms with Crippen LogP contribution in [0.25, 0.3) is 0 Å². The Hall–Kier alpha value is -3.42. The van der Waals surface area contributed by atoms with Crippen molar-refractivity contribution in [3.05, 3.63) is 65.3 Å². The molecule has 1 aromatic carbocycles. The van der Waals surface area contributed by atoms with Crippen molar-refractivity contribution in [3.63, 3.8) is 0 Å². The lowest BCUT2D eigenvalue weighted by Crippen LogP contribution is -2.28. The maximum atomic E-state index is 13.9. The number of nitrogens with zero attached hydrogens (tertiary/aromatic N) is 1. The molecule has 0 saturated carbocycles. The van der Waals surface area contributed by atoms with Crippen molar-refractivity contribution in [1.82, 2.24) is 0 Å². The SMILES string of the molecule is COC(=O)C1=C(C(=O)OC)N(c2cc(F)ccc2C(=O)OC)C=CC=C1. The Morgan fingerprint density at radius 3 is 2.19 bits per heavy atom. The molecule has 0 saturated heterocycles. The Bertz CT molecular complexity index is 840. The lowest BCUT2D eigenvalue weighted by Gasteiger charge is -2.24. The fourth-order valence-electron chi connectivity index (χ4n) is 2.34. The number of benzene rings is 1. The molecule has 0 unspecified atom stereocenters. The van der Waals surface area contributed by atoms with Crippen LogP contribution in [0.3, 0.4) is 0 Å². The highest BCUT2D eigenvalue weighted by Crippen LogP contribution is 2.30. The molecule has 0 aromatic heterocycles. The van der Waals surface area contributed by atoms with Crippen LogP contribution >= 0.6 is 0 Å². The first-order valence-electron chi connectivity index (χ1n) is 7.37. The Kier molecular flexibility index (Phi) is 5.90. The molecule has 1 aliphatic rings. The molecule has 0 bridgehead atoms. The molecular weight excluding hydrogens is 345 g/mol. The van der Waals surface area contributed by atoms with E-state index in [9.17, 15) is 18.8 Å². The number of anilines is 1. The number of carbonyl (C=O) groups is 3. The first-order chi connectivity index (χ1) is 12.4. The Morgan fingerprint density at radius 1 is 0.923 bits per heavy atom. The fourth-order valence-corrected chi connectivity index (χ4v) is 2.34. The largest absolute Gasteiger partial charge is 0.465 e. The van der Waals surface area contributed by atoms with Crippen LogP contribution in [0.5, 0.6) is 0 Å². The quantitative estimate of drug-likeness (QED) is 0.600. The molecule has 1 heterocycles. The highest BCUT2D eigenvalue weighted by atomic mass is 19.1. The summed E-state index contributed by atoms with van der Waals surface area (Å²) < 4.78 is 28.0. The van der Waals surface area contributed by atoms with Crippen LogP contribution < -0.4 is 4.90 Å². The molecule has 0 atom stereocenters. The lowest BCUT2D eigenvalue weighted by molar-refractivity contribution is -0.139. The molecular formula is C18H16FNO6. The third kappa shape index (κ3) is 3.64. The third-order valence-corrected chi connectivity index (χ3v) is 3.51. The van der Waals surface area contributed by atoms with E-state index in [1.807, 2.05) is 0 Å². The summed E-state index contributed by atoms with van der Waals surface area (Å²) in [6.07, 6.45) is 5.74. The standard InChI is InChI=1S/C18H16FNO6/c1-24-16(21)12-8-7-11(19)10-14(12)20-9-5-4-6-13(17(22)25-2)15(20)18(23)26-3/h4-10H,1-3H3. The normalized spacial score (nSPS) is 13.3. The zero-order valence-corrected chi connectivity index (χ0v) is 14.3. The zero-order valence-electron chi connectivity index (χ0n) is 14.3. The van der Waals surface area contributed by atoms with Gasteiger partial charge in [0.25, 0.3) is 0 Å². The minimum atomic E-state index is -0.873. The van der Waals surface area contributed by atoms with Crippen molar-refractivity contribution in [1.29, 1.82) is 0 Å². The van der Waals surface area contributed by atoms with Crippen LogP contribution in [0.15, 0.2) is 53.9 Å². The van der Waals surface area contributed by atoms with Crippen molar-refractivity contribution in [3.8, 4) is 0 Å². The first-order valence-corrected chi connectivity index (χ1v) is 7.37. The van der Waals surface area contributed by atoms with Crippen LogP contribution in [-0.4, -0.2) is 39.2 Å². The maximum absolute atomic E-state index is 13.9. The van der Waals surface area contributed by atoms with Crippen molar-refractivity contribution in [2.45, 2.75) is 0 Å². The molecule has 8 heteroatoms. The van der Waals surface area contributed by atoms with Gasteiger partial charge in [0.05, 0.1) is 38.2 Å². The van der Waals surface area contributed by atoms with E-state index in [0.717, 1.165) is 26.4 Å². The van der Waals surface area contributed by atoms with Crippen LogP contribution in [0, 0.1) is 5.82 Å². The van der Waals surface area contributed by atoms with E-state index in [0.29, 0.717) is 0 Å². The summed E-state index contributed by atoms with van der Waals surface area (Å²) in [4.78, 5) is 37.7. The summed E-state index contributed by atoms with van der Waals surface area (Å²) in [7, 11) is 3.46. The van der Waals surface area contributed by atoms with Crippen molar-refractivity contribution in [2.75, 3.05) is 26.2 Å². The van der Waals surface area contributed by atoms with E-state index in [1.165, 1.54) is 42.5 Å². The van der Waals surface area contributed by atoms with Gasteiger partial charge >= 0.3 is 17.9 Å². The molecule has 0 fully saturated rings. The second-order valence-electron chi connectivity index (χ2n) is 4.97. The Morgan fingerprint density at radius 2 is 1.58 bits per heavy atom. The maximum Gasteiger partial charge on any atom is 0.355 e. The van der Waals surface area contributed by atoms with Gasteiger partial charge in [-0.3, -0.25) is 0 Å². The molecule has 7 nitrogen and oxygen atoms in total. The highest BCUT2D eigenvalue weighted by Gasteiger charge is 2.30. The topological polar surface area (TPSA) is 82.1 Å². The predicted molar refractivity (Wildman–Crippen MR) is 89.6 cm³/mol. The molecule has 2 rings (SSSR count). The summed E-state index contributed by atoms with van der Waals surface area (Å²) >= 11 is 0. The number of rotatable bonds is 4. The Labute approximate surface area is 148 Å². The fraction of sp³-hybridized carbons (Fsp3) is 0.167. The zero-order chi connectivity index (χ0) is 19.3. The van der Waals surface area contributed by atoms with E-state index in [2.05, 4.69) is 0 Å². The number of hydrogen-bond donors (Lipinski definition) is 0. The second kappa shape index (κ2) is 8.11. The van der Waals surface area contributed by atoms with E-state index >= 15 is 0 Å². The smallest absolute Gasteiger partial charge is 0.355 e. The van der Waals surface area contributed by atoms with Gasteiger partial charge in [-0.2, -0.15) is 0 Å². The molecule has 136 valence electrons. The average molecular weight is 361 g/mol. The van der Waals surface area contributed by atoms with Gasteiger partial charge in [0.1, 0.15) is 11.5 Å². The van der Waals surface area contributed by atoms with Gasteiger partial charge in [-0.25, -0.2) is 18.8 Å². The minimum absolute atomic E-state index is 0.00129. The minimum Gasteiger partial charge on any atom is -0.465 e. The van der Waals surface area contributed by atoms with Crippen LogP contribution in [0.1, 0.15) is 10.4 Å². The van der Waals surface area contributed by atoms with Crippen LogP contribution in [0.4, 0.5) is 10.1 Å². The summed E-state index contributed by atoms with van der Waals surface area (Å²) in [5, 5.41) is 0. The molecule has 0 N–H and O–H groups in total. The van der Waals surface area contributed by atoms with Crippen molar-refractivity contribution < 1.29 is 33.0 Å². The van der Waals surface area contributed by atoms with Crippen LogP contribution in [0.2, 0.25) is 0 Å². The van der Waals surface area contributed by atoms with Crippen molar-refractivity contribution in [2.24, 2.45) is 0 Å². The van der Waals surface area contributed by atoms with Gasteiger partial charge < -0.3 is 19.1 Å². The van der Waals surface area contributed by atoms with Gasteiger partial charge in [0.2, 0.25) is 0 Å². The molecule has 0 amide bonds. The van der Waals surface area contributed by atoms with Crippen molar-refractivity contribution >= 4 is 23.6 Å². The highest BCUT2D eigenvalue weighted by molar-refractivity contribution is 6.07. The van der Waals surface area contributed by atoms with Crippen LogP contribution in [-0.2, 0) is 23.8 Å². The number of esters is 3. The number of ether oxygens (including phenoxy) is 3. The summed E-state index contributed by atoms with van der Waals surface area (Å²) in [6, 6.07) is 3.34. The first kappa shape index (κ1) is 18.9. The van der Waals surface area contributed by atoms with Gasteiger partial charge in [-0.15, -0.1) is 0 Å². The monoisotopic (exact) mass is 361 g/mol. The van der Waals surface area contributed by atoms with E-state index in [-0.39, 0.29) is 22.5 Å². The number of hydrogen-bond acceptors (Lipinski definition) is 7. The van der Waals surface area contributed by atoms with E-state index in [4.69, 9.17) is 14.2 Å². The van der Waals surface area contributed by atoms with Gasteiger partial charge in [-0.05, 0) is 30.4 Å². The second-order valence-corrected chi connectivity index (χ2v) is 4.97. The average Bonchev–Trinajstić information content (AvgIpc) is 2.88. The summed E-state index contributed by atoms with van der Waals surface area (Å²) in [6.45, 7) is 0. The predicted octanol–water partition coefficient (Wildman–Crippen LogP) is 2.10.